The van der Waals surface area contributed by atoms with Crippen LogP contribution in [0.4, 0.5) is 11.4 Å². The molecule has 2 aromatic rings. The van der Waals surface area contributed by atoms with E-state index in [2.05, 4.69) is 5.32 Å². The lowest BCUT2D eigenvalue weighted by Crippen LogP contribution is -2.25. The van der Waals surface area contributed by atoms with E-state index < -0.39 is 6.92 Å². The minimum atomic E-state index is -0.411. The fourth-order valence-electron chi connectivity index (χ4n) is 1.53. The monoisotopic (exact) mass is 211 g/mol. The van der Waals surface area contributed by atoms with Crippen molar-refractivity contribution in [1.29, 1.82) is 0 Å². The van der Waals surface area contributed by atoms with Crippen LogP contribution in [0.5, 0.6) is 0 Å². The SMILES string of the molecule is CB(O)c1ccc(Nc2ccccc2)cc1. The molecule has 0 spiro atoms. The average molecular weight is 211 g/mol. The van der Waals surface area contributed by atoms with E-state index in [0.29, 0.717) is 0 Å². The molecule has 0 aromatic heterocycles. The highest BCUT2D eigenvalue weighted by Crippen LogP contribution is 2.14. The second kappa shape index (κ2) is 4.86. The molecular weight excluding hydrogens is 197 g/mol. The van der Waals surface area contributed by atoms with E-state index in [9.17, 15) is 5.02 Å². The van der Waals surface area contributed by atoms with E-state index in [1.54, 1.807) is 6.82 Å². The number of hydrogen-bond acceptors (Lipinski definition) is 2. The first-order chi connectivity index (χ1) is 7.75. The minimum absolute atomic E-state index is 0.411. The van der Waals surface area contributed by atoms with Crippen LogP contribution in [0.25, 0.3) is 0 Å². The molecular formula is C13H14BNO. The van der Waals surface area contributed by atoms with Crippen LogP contribution in [0, 0.1) is 0 Å². The Hall–Kier alpha value is -1.74. The van der Waals surface area contributed by atoms with Gasteiger partial charge in [0.25, 0.3) is 0 Å². The van der Waals surface area contributed by atoms with E-state index in [-0.39, 0.29) is 0 Å². The molecule has 80 valence electrons. The molecule has 0 heterocycles. The van der Waals surface area contributed by atoms with E-state index in [1.807, 2.05) is 54.6 Å². The van der Waals surface area contributed by atoms with Crippen molar-refractivity contribution < 1.29 is 5.02 Å². The number of rotatable bonds is 3. The van der Waals surface area contributed by atoms with Crippen LogP contribution in [-0.4, -0.2) is 11.9 Å². The Balaban J connectivity index is 2.11. The van der Waals surface area contributed by atoms with Crippen molar-refractivity contribution in [2.75, 3.05) is 5.32 Å². The van der Waals surface area contributed by atoms with Gasteiger partial charge in [-0.15, -0.1) is 0 Å². The van der Waals surface area contributed by atoms with Crippen molar-refractivity contribution in [3.63, 3.8) is 0 Å². The third-order valence-electron chi connectivity index (χ3n) is 2.46. The van der Waals surface area contributed by atoms with Crippen LogP contribution >= 0.6 is 0 Å². The molecule has 2 N–H and O–H groups in total. The number of nitrogens with one attached hydrogen (secondary N) is 1. The lowest BCUT2D eigenvalue weighted by Gasteiger charge is -2.07. The first kappa shape index (κ1) is 10.8. The molecule has 0 fully saturated rings. The minimum Gasteiger partial charge on any atom is -0.447 e. The van der Waals surface area contributed by atoms with E-state index in [1.165, 1.54) is 0 Å². The smallest absolute Gasteiger partial charge is 0.320 e. The lowest BCUT2D eigenvalue weighted by molar-refractivity contribution is 0.594. The predicted octanol–water partition coefficient (Wildman–Crippen LogP) is 2.25. The van der Waals surface area contributed by atoms with Crippen LogP contribution in [-0.2, 0) is 0 Å². The molecule has 2 rings (SSSR count). The van der Waals surface area contributed by atoms with Gasteiger partial charge in [-0.1, -0.05) is 37.2 Å². The molecule has 0 unspecified atom stereocenters. The highest BCUT2D eigenvalue weighted by Gasteiger charge is 2.05. The predicted molar refractivity (Wildman–Crippen MR) is 69.6 cm³/mol. The normalized spacial score (nSPS) is 9.88. The van der Waals surface area contributed by atoms with Crippen molar-refractivity contribution in [3.8, 4) is 0 Å². The van der Waals surface area contributed by atoms with Crippen molar-refractivity contribution in [2.24, 2.45) is 0 Å². The van der Waals surface area contributed by atoms with Crippen LogP contribution in [0.15, 0.2) is 54.6 Å². The third kappa shape index (κ3) is 2.64. The summed E-state index contributed by atoms with van der Waals surface area (Å²) in [6, 6.07) is 17.8. The zero-order chi connectivity index (χ0) is 11.4. The highest BCUT2D eigenvalue weighted by molar-refractivity contribution is 6.64. The maximum atomic E-state index is 9.38. The van der Waals surface area contributed by atoms with Gasteiger partial charge in [0.1, 0.15) is 0 Å². The van der Waals surface area contributed by atoms with Crippen molar-refractivity contribution in [1.82, 2.24) is 0 Å². The fraction of sp³-hybridized carbons (Fsp3) is 0.0769. The first-order valence-electron chi connectivity index (χ1n) is 5.36. The molecule has 0 saturated carbocycles. The van der Waals surface area contributed by atoms with Gasteiger partial charge < -0.3 is 10.3 Å². The third-order valence-corrected chi connectivity index (χ3v) is 2.46. The highest BCUT2D eigenvalue weighted by atomic mass is 16.2. The molecule has 0 aliphatic rings. The largest absolute Gasteiger partial charge is 0.447 e. The second-order valence-corrected chi connectivity index (χ2v) is 3.79. The van der Waals surface area contributed by atoms with Gasteiger partial charge in [0.15, 0.2) is 0 Å². The maximum absolute atomic E-state index is 9.38. The van der Waals surface area contributed by atoms with Crippen LogP contribution < -0.4 is 10.8 Å². The van der Waals surface area contributed by atoms with Crippen LogP contribution in [0.2, 0.25) is 6.82 Å². The van der Waals surface area contributed by atoms with E-state index in [4.69, 9.17) is 0 Å². The quantitative estimate of drug-likeness (QED) is 0.763. The number of para-hydroxylation sites is 1. The van der Waals surface area contributed by atoms with Gasteiger partial charge >= 0.3 is 6.92 Å². The maximum Gasteiger partial charge on any atom is 0.320 e. The standard InChI is InChI=1S/C13H14BNO/c1-14(16)11-7-9-13(10-8-11)15-12-5-3-2-4-6-12/h2-10,15-16H,1H3. The topological polar surface area (TPSA) is 32.3 Å². The molecule has 0 aliphatic heterocycles. The number of hydrogen-bond donors (Lipinski definition) is 2. The first-order valence-corrected chi connectivity index (χ1v) is 5.36. The Kier molecular flexibility index (Phi) is 3.27. The number of anilines is 2. The molecule has 0 aliphatic carbocycles. The van der Waals surface area contributed by atoms with Gasteiger partial charge in [-0.05, 0) is 29.7 Å². The average Bonchev–Trinajstić information content (AvgIpc) is 2.31. The summed E-state index contributed by atoms with van der Waals surface area (Å²) < 4.78 is 0. The molecule has 3 heteroatoms. The molecule has 0 amide bonds. The summed E-state index contributed by atoms with van der Waals surface area (Å²) in [5.41, 5.74) is 3.02. The van der Waals surface area contributed by atoms with Crippen LogP contribution in [0.1, 0.15) is 0 Å². The lowest BCUT2D eigenvalue weighted by atomic mass is 9.64. The molecule has 0 saturated heterocycles. The zero-order valence-corrected chi connectivity index (χ0v) is 9.22. The molecule has 0 atom stereocenters. The Bertz CT molecular complexity index is 439. The summed E-state index contributed by atoms with van der Waals surface area (Å²) in [5.74, 6) is 0. The van der Waals surface area contributed by atoms with E-state index >= 15 is 0 Å². The van der Waals surface area contributed by atoms with Crippen molar-refractivity contribution >= 4 is 23.8 Å². The molecule has 2 nitrogen and oxygen atoms in total. The van der Waals surface area contributed by atoms with Gasteiger partial charge in [0.05, 0.1) is 0 Å². The Morgan fingerprint density at radius 3 is 2.00 bits per heavy atom. The summed E-state index contributed by atoms with van der Waals surface area (Å²) >= 11 is 0. The van der Waals surface area contributed by atoms with E-state index in [0.717, 1.165) is 16.8 Å². The Morgan fingerprint density at radius 1 is 0.875 bits per heavy atom. The van der Waals surface area contributed by atoms with Gasteiger partial charge in [0, 0.05) is 11.4 Å². The van der Waals surface area contributed by atoms with Crippen molar-refractivity contribution in [2.45, 2.75) is 6.82 Å². The fourth-order valence-corrected chi connectivity index (χ4v) is 1.53. The zero-order valence-electron chi connectivity index (χ0n) is 9.22. The summed E-state index contributed by atoms with van der Waals surface area (Å²) in [6.07, 6.45) is 0. The van der Waals surface area contributed by atoms with Crippen LogP contribution in [0.3, 0.4) is 0 Å². The van der Waals surface area contributed by atoms with Gasteiger partial charge in [-0.25, -0.2) is 0 Å². The van der Waals surface area contributed by atoms with Crippen molar-refractivity contribution in [3.05, 3.63) is 54.6 Å². The summed E-state index contributed by atoms with van der Waals surface area (Å²) in [7, 11) is 0. The molecule has 2 aromatic carbocycles. The van der Waals surface area contributed by atoms with Gasteiger partial charge in [0.2, 0.25) is 0 Å². The van der Waals surface area contributed by atoms with Gasteiger partial charge in [-0.3, -0.25) is 0 Å². The second-order valence-electron chi connectivity index (χ2n) is 3.79. The molecule has 0 bridgehead atoms. The Morgan fingerprint density at radius 2 is 1.44 bits per heavy atom. The summed E-state index contributed by atoms with van der Waals surface area (Å²) in [6.45, 7) is 1.35. The molecule has 16 heavy (non-hydrogen) atoms. The molecule has 0 radical (unpaired) electrons. The summed E-state index contributed by atoms with van der Waals surface area (Å²) in [4.78, 5) is 0. The summed E-state index contributed by atoms with van der Waals surface area (Å²) in [5, 5.41) is 12.7. The van der Waals surface area contributed by atoms with Gasteiger partial charge in [-0.2, -0.15) is 0 Å². The number of benzene rings is 2. The Labute approximate surface area is 96.1 Å².